The number of aromatic nitrogens is 1. The van der Waals surface area contributed by atoms with Crippen LogP contribution in [0.15, 0.2) is 50.5 Å². The number of nitrogens with zero attached hydrogens (tertiary/aromatic N) is 2. The molecular weight excluding hydrogens is 569 g/mol. The SMILES string of the molecule is C.CCOC(=O)[C@@H](C)OC(=O)C1=C(CBr)NC(c2nccs2)=N[C@H]1c1ccc(F)cc1Br. The van der Waals surface area contributed by atoms with Crippen molar-refractivity contribution in [1.29, 1.82) is 0 Å². The zero-order valence-corrected chi connectivity index (χ0v) is 20.5. The van der Waals surface area contributed by atoms with Gasteiger partial charge in [-0.05, 0) is 31.5 Å². The normalized spacial score (nSPS) is 16.4. The van der Waals surface area contributed by atoms with E-state index in [-0.39, 0.29) is 24.9 Å². The lowest BCUT2D eigenvalue weighted by Crippen LogP contribution is -2.36. The first-order valence-corrected chi connectivity index (χ1v) is 12.0. The number of halogens is 3. The number of allylic oxidation sites excluding steroid dienone is 1. The highest BCUT2D eigenvalue weighted by molar-refractivity contribution is 9.10. The van der Waals surface area contributed by atoms with Crippen molar-refractivity contribution in [1.82, 2.24) is 10.3 Å². The minimum Gasteiger partial charge on any atom is -0.463 e. The number of carbonyl (C=O) groups is 2. The van der Waals surface area contributed by atoms with E-state index in [1.807, 2.05) is 5.38 Å². The predicted octanol–water partition coefficient (Wildman–Crippen LogP) is 4.92. The molecule has 1 N–H and O–H groups in total. The van der Waals surface area contributed by atoms with E-state index in [1.165, 1.54) is 30.4 Å². The molecule has 1 aliphatic rings. The van der Waals surface area contributed by atoms with Crippen LogP contribution in [0.4, 0.5) is 4.39 Å². The number of hydrogen-bond acceptors (Lipinski definition) is 8. The molecule has 1 aromatic carbocycles. The molecule has 0 fully saturated rings. The summed E-state index contributed by atoms with van der Waals surface area (Å²) in [6.07, 6.45) is 0.549. The van der Waals surface area contributed by atoms with Crippen LogP contribution in [0.1, 0.15) is 37.9 Å². The highest BCUT2D eigenvalue weighted by atomic mass is 79.9. The molecule has 7 nitrogen and oxygen atoms in total. The van der Waals surface area contributed by atoms with Gasteiger partial charge >= 0.3 is 11.9 Å². The molecule has 1 aliphatic heterocycles. The molecule has 2 atom stereocenters. The van der Waals surface area contributed by atoms with Gasteiger partial charge in [-0.2, -0.15) is 0 Å². The van der Waals surface area contributed by atoms with E-state index in [9.17, 15) is 14.0 Å². The van der Waals surface area contributed by atoms with Gasteiger partial charge in [-0.1, -0.05) is 45.4 Å². The third kappa shape index (κ3) is 5.81. The molecule has 2 aromatic rings. The Morgan fingerprint density at radius 3 is 2.72 bits per heavy atom. The number of nitrogens with one attached hydrogen (secondary N) is 1. The van der Waals surface area contributed by atoms with Crippen molar-refractivity contribution in [3.8, 4) is 0 Å². The zero-order valence-electron chi connectivity index (χ0n) is 16.5. The molecule has 1 aromatic heterocycles. The second-order valence-electron chi connectivity index (χ2n) is 6.33. The topological polar surface area (TPSA) is 89.9 Å². The first-order chi connectivity index (χ1) is 14.8. The van der Waals surface area contributed by atoms with Crippen molar-refractivity contribution in [2.24, 2.45) is 4.99 Å². The third-order valence-electron chi connectivity index (χ3n) is 4.27. The third-order valence-corrected chi connectivity index (χ3v) is 6.30. The number of aliphatic imine (C=N–C) groups is 1. The van der Waals surface area contributed by atoms with Crippen molar-refractivity contribution in [3.63, 3.8) is 0 Å². The molecule has 0 amide bonds. The quantitative estimate of drug-likeness (QED) is 0.364. The Balaban J connectivity index is 0.00000363. The largest absolute Gasteiger partial charge is 0.463 e. The van der Waals surface area contributed by atoms with Crippen LogP contribution >= 0.6 is 43.2 Å². The lowest BCUT2D eigenvalue weighted by Gasteiger charge is -2.27. The molecule has 0 aliphatic carbocycles. The maximum absolute atomic E-state index is 13.7. The molecule has 0 saturated heterocycles. The number of alkyl halides is 1. The minimum atomic E-state index is -1.10. The smallest absolute Gasteiger partial charge is 0.347 e. The monoisotopic (exact) mass is 589 g/mol. The molecule has 172 valence electrons. The Morgan fingerprint density at radius 1 is 1.38 bits per heavy atom. The minimum absolute atomic E-state index is 0. The summed E-state index contributed by atoms with van der Waals surface area (Å²) in [6, 6.07) is 3.32. The van der Waals surface area contributed by atoms with Crippen LogP contribution in [-0.2, 0) is 19.1 Å². The highest BCUT2D eigenvalue weighted by Crippen LogP contribution is 2.37. The molecule has 0 unspecified atom stereocenters. The van der Waals surface area contributed by atoms with E-state index >= 15 is 0 Å². The van der Waals surface area contributed by atoms with Crippen LogP contribution in [0.3, 0.4) is 0 Å². The number of amidine groups is 1. The van der Waals surface area contributed by atoms with E-state index in [4.69, 9.17) is 9.47 Å². The molecule has 0 bridgehead atoms. The molecule has 0 saturated carbocycles. The Morgan fingerprint density at radius 2 is 2.12 bits per heavy atom. The maximum atomic E-state index is 13.7. The summed E-state index contributed by atoms with van der Waals surface area (Å²) < 4.78 is 24.4. The fraction of sp³-hybridized carbons (Fsp3) is 0.333. The van der Waals surface area contributed by atoms with Gasteiger partial charge in [0.05, 0.1) is 12.2 Å². The van der Waals surface area contributed by atoms with Crippen molar-refractivity contribution in [3.05, 3.63) is 61.9 Å². The van der Waals surface area contributed by atoms with Crippen LogP contribution in [0, 0.1) is 5.82 Å². The Hall–Kier alpha value is -2.11. The van der Waals surface area contributed by atoms with Crippen molar-refractivity contribution >= 4 is 61.0 Å². The maximum Gasteiger partial charge on any atom is 0.347 e. The molecule has 32 heavy (non-hydrogen) atoms. The standard InChI is InChI=1S/C20H18Br2FN3O4S.CH4/c1-3-29-19(27)10(2)30-20(28)15-14(9-21)25-17(18-24-6-7-31-18)26-16(15)12-5-4-11(23)8-13(12)22;/h4-8,10,16H,3,9H2,1-2H3,(H,25,26);1H4/t10-,16+;/m1./s1. The lowest BCUT2D eigenvalue weighted by molar-refractivity contribution is -0.164. The van der Waals surface area contributed by atoms with Gasteiger partial charge in [0.2, 0.25) is 0 Å². The van der Waals surface area contributed by atoms with Crippen LogP contribution in [0.5, 0.6) is 0 Å². The summed E-state index contributed by atoms with van der Waals surface area (Å²) in [5.41, 5.74) is 1.26. The summed E-state index contributed by atoms with van der Waals surface area (Å²) in [5, 5.41) is 5.85. The molecule has 2 heterocycles. The molecule has 3 rings (SSSR count). The molecule has 0 radical (unpaired) electrons. The number of rotatable bonds is 7. The van der Waals surface area contributed by atoms with Gasteiger partial charge < -0.3 is 14.8 Å². The lowest BCUT2D eigenvalue weighted by atomic mass is 9.96. The summed E-state index contributed by atoms with van der Waals surface area (Å²) in [7, 11) is 0. The highest BCUT2D eigenvalue weighted by Gasteiger charge is 2.35. The van der Waals surface area contributed by atoms with E-state index in [1.54, 1.807) is 19.2 Å². The average molecular weight is 591 g/mol. The first kappa shape index (κ1) is 26.1. The number of thiazole rings is 1. The first-order valence-electron chi connectivity index (χ1n) is 9.21. The van der Waals surface area contributed by atoms with Gasteiger partial charge in [0.25, 0.3) is 0 Å². The summed E-state index contributed by atoms with van der Waals surface area (Å²) in [6.45, 7) is 3.28. The van der Waals surface area contributed by atoms with E-state index < -0.39 is 29.9 Å². The van der Waals surface area contributed by atoms with Crippen molar-refractivity contribution in [2.75, 3.05) is 11.9 Å². The number of esters is 2. The van der Waals surface area contributed by atoms with Crippen LogP contribution in [0.2, 0.25) is 0 Å². The van der Waals surface area contributed by atoms with Gasteiger partial charge in [-0.3, -0.25) is 4.99 Å². The van der Waals surface area contributed by atoms with Gasteiger partial charge in [-0.25, -0.2) is 19.0 Å². The number of ether oxygens (including phenoxy) is 2. The number of benzene rings is 1. The second kappa shape index (κ2) is 11.7. The number of hydrogen-bond donors (Lipinski definition) is 1. The van der Waals surface area contributed by atoms with Crippen LogP contribution < -0.4 is 5.32 Å². The van der Waals surface area contributed by atoms with Crippen LogP contribution in [-0.4, -0.2) is 40.8 Å². The summed E-state index contributed by atoms with van der Waals surface area (Å²) >= 11 is 8.14. The Kier molecular flexibility index (Phi) is 9.53. The van der Waals surface area contributed by atoms with Gasteiger partial charge in [-0.15, -0.1) is 11.3 Å². The molecular formula is C21H22Br2FN3O4S. The van der Waals surface area contributed by atoms with Gasteiger partial charge in [0, 0.05) is 27.1 Å². The van der Waals surface area contributed by atoms with E-state index in [0.29, 0.717) is 26.6 Å². The second-order valence-corrected chi connectivity index (χ2v) is 8.64. The van der Waals surface area contributed by atoms with Gasteiger partial charge in [0.1, 0.15) is 11.9 Å². The fourth-order valence-corrected chi connectivity index (χ4v) is 4.47. The Bertz CT molecular complexity index is 1040. The van der Waals surface area contributed by atoms with Crippen molar-refractivity contribution in [2.45, 2.75) is 33.4 Å². The molecule has 11 heteroatoms. The Labute approximate surface area is 206 Å². The fourth-order valence-electron chi connectivity index (χ4n) is 2.87. The van der Waals surface area contributed by atoms with E-state index in [0.717, 1.165) is 0 Å². The summed E-state index contributed by atoms with van der Waals surface area (Å²) in [5.74, 6) is -1.34. The van der Waals surface area contributed by atoms with Gasteiger partial charge in [0.15, 0.2) is 16.9 Å². The van der Waals surface area contributed by atoms with E-state index in [2.05, 4.69) is 47.2 Å². The molecule has 0 spiro atoms. The predicted molar refractivity (Wildman–Crippen MR) is 128 cm³/mol. The average Bonchev–Trinajstić information content (AvgIpc) is 3.27. The summed E-state index contributed by atoms with van der Waals surface area (Å²) in [4.78, 5) is 34.0. The number of carbonyl (C=O) groups excluding carboxylic acids is 2. The van der Waals surface area contributed by atoms with Crippen molar-refractivity contribution < 1.29 is 23.5 Å². The zero-order chi connectivity index (χ0) is 22.5. The van der Waals surface area contributed by atoms with Crippen LogP contribution in [0.25, 0.3) is 0 Å².